The molecule has 0 bridgehead atoms. The van der Waals surface area contributed by atoms with E-state index >= 15 is 0 Å². The van der Waals surface area contributed by atoms with Gasteiger partial charge >= 0.3 is 41.8 Å². The quantitative estimate of drug-likeness (QED) is 0.00965. The van der Waals surface area contributed by atoms with Gasteiger partial charge in [0.05, 0.1) is 65.3 Å². The molecule has 22 nitrogen and oxygen atoms in total. The summed E-state index contributed by atoms with van der Waals surface area (Å²) in [6, 6.07) is 11.1. The van der Waals surface area contributed by atoms with E-state index in [1.807, 2.05) is 43.3 Å². The van der Waals surface area contributed by atoms with Crippen molar-refractivity contribution in [3.8, 4) is 6.07 Å². The van der Waals surface area contributed by atoms with Crippen molar-refractivity contribution < 1.29 is 153 Å². The first kappa shape index (κ1) is 123. The molecule has 0 aliphatic carbocycles. The Balaban J connectivity index is -0.000000110. The minimum Gasteiger partial charge on any atom is -0.481 e. The number of halogens is 15. The Hall–Kier alpha value is -7.26. The highest BCUT2D eigenvalue weighted by Crippen LogP contribution is 2.36. The van der Waals surface area contributed by atoms with E-state index < -0.39 is 155 Å². The molecule has 1 unspecified atom stereocenters. The molecule has 0 saturated heterocycles. The Morgan fingerprint density at radius 3 is 1.13 bits per heavy atom. The summed E-state index contributed by atoms with van der Waals surface area (Å²) in [4.78, 5) is 112. The maximum absolute atomic E-state index is 12.8. The standard InChI is InChI=1S/C14H18F2N2.C11H18F2O4.C10H14F2O4.C8H15F2NO2.C7H12O4.C6H10F2O2.C6H10F2O.C3H4F2O.C3H8O.2CH4.ClH/c1-14(2,13(15)16)8-12(9-17)18-10-11-6-4-3-5-7-11;1-5-16-8(14)7(9(15)17-6-2)11(3,4)10(12)13;1-4-15-9(13)7(6(3)8(11)12)10(14)16-5-2;1-8(2,7(9)10)5-6(12)11(3)13-4;1-3-10-6(8)5-7(9)11-4-2;1-6(2,5(7)8)3-4(9)10;1-6(2,3-4-9)5(7)8;1-2(6)3(4)5;1-3-4-2;;;/h3-7,12-13,18H,8,10H2,1-2H3;7,10H,5-6H2,1-4H3;8H,4-5H2,1-3H3;7H,5H2,1-4H3;3-5H2,1-2H3;5H,3H2,1-2H3,(H,9,10);4-5H,3H2,1-2H3;3H,1H3;3H2,1-2H3;2*1H4;1H. The van der Waals surface area contributed by atoms with E-state index in [1.165, 1.54) is 97.2 Å². The van der Waals surface area contributed by atoms with E-state index in [-0.39, 0.29) is 92.6 Å². The number of amides is 1. The fraction of sp³-hybridized carbons (Fsp3) is 0.729. The van der Waals surface area contributed by atoms with Crippen LogP contribution in [-0.2, 0) is 92.5 Å². The van der Waals surface area contributed by atoms with E-state index in [4.69, 9.17) is 10.4 Å². The van der Waals surface area contributed by atoms with Crippen LogP contribution in [0.2, 0.25) is 0 Å². The summed E-state index contributed by atoms with van der Waals surface area (Å²) in [5.74, 6) is -9.52. The number of carbonyl (C=O) groups excluding carboxylic acids is 9. The minimum absolute atomic E-state index is 0. The van der Waals surface area contributed by atoms with Crippen LogP contribution in [0.5, 0.6) is 0 Å². The Bertz CT molecular complexity index is 2580. The molecule has 37 heteroatoms. The number of aldehydes is 1. The number of Topliss-reactive ketones (excluding diaryl/α,β-unsaturated/α-hetero) is 1. The first-order chi connectivity index (χ1) is 47.6. The zero-order valence-corrected chi connectivity index (χ0v) is 64.6. The van der Waals surface area contributed by atoms with Crippen molar-refractivity contribution in [1.29, 1.82) is 5.26 Å². The summed E-state index contributed by atoms with van der Waals surface area (Å²) in [5, 5.41) is 21.1. The van der Waals surface area contributed by atoms with Crippen LogP contribution in [0.15, 0.2) is 41.5 Å². The Labute approximate surface area is 628 Å². The first-order valence-electron chi connectivity index (χ1n) is 31.9. The maximum atomic E-state index is 12.8. The number of methoxy groups -OCH3 is 1. The molecule has 0 aromatic heterocycles. The number of hydrogen-bond donors (Lipinski definition) is 2. The number of carboxylic acid groups (broad SMARTS) is 1. The van der Waals surface area contributed by atoms with Gasteiger partial charge in [-0.15, -0.1) is 12.4 Å². The number of nitrogens with one attached hydrogen (secondary N) is 1. The number of aliphatic carboxylic acids is 1. The van der Waals surface area contributed by atoms with Crippen LogP contribution in [0.1, 0.15) is 184 Å². The lowest BCUT2D eigenvalue weighted by molar-refractivity contribution is -0.174. The van der Waals surface area contributed by atoms with Gasteiger partial charge in [0.25, 0.3) is 12.9 Å². The average molecular weight is 1610 g/mol. The molecule has 632 valence electrons. The number of hydroxylamine groups is 2. The van der Waals surface area contributed by atoms with Gasteiger partial charge in [-0.1, -0.05) is 114 Å². The average Bonchev–Trinajstić information content (AvgIpc) is 0.813. The number of alkyl halides is 14. The van der Waals surface area contributed by atoms with Crippen molar-refractivity contribution in [2.75, 3.05) is 67.5 Å². The molecule has 0 aliphatic heterocycles. The van der Waals surface area contributed by atoms with Gasteiger partial charge in [-0.05, 0) is 67.4 Å². The largest absolute Gasteiger partial charge is 0.481 e. The lowest BCUT2D eigenvalue weighted by Crippen LogP contribution is -2.43. The second kappa shape index (κ2) is 68.0. The lowest BCUT2D eigenvalue weighted by atomic mass is 9.79. The molecular formula is C70H118ClF14N3O19. The fourth-order valence-electron chi connectivity index (χ4n) is 5.81. The minimum atomic E-state index is -2.90. The zero-order valence-electron chi connectivity index (χ0n) is 63.7. The van der Waals surface area contributed by atoms with Crippen molar-refractivity contribution >= 4 is 72.2 Å². The molecule has 0 heterocycles. The third-order valence-electron chi connectivity index (χ3n) is 12.6. The summed E-state index contributed by atoms with van der Waals surface area (Å²) in [5.41, 5.74) is -7.16. The van der Waals surface area contributed by atoms with Gasteiger partial charge in [-0.3, -0.25) is 43.7 Å². The van der Waals surface area contributed by atoms with E-state index in [9.17, 15) is 109 Å². The number of rotatable bonds is 33. The number of carbonyl (C=O) groups is 10. The highest BCUT2D eigenvalue weighted by molar-refractivity contribution is 6.14. The van der Waals surface area contributed by atoms with Crippen molar-refractivity contribution in [2.24, 2.45) is 33.0 Å². The van der Waals surface area contributed by atoms with Crippen molar-refractivity contribution in [2.45, 2.75) is 236 Å². The number of nitrogens with zero attached hydrogens (tertiary/aromatic N) is 2. The fourth-order valence-corrected chi connectivity index (χ4v) is 5.81. The second-order valence-electron chi connectivity index (χ2n) is 24.2. The van der Waals surface area contributed by atoms with Gasteiger partial charge in [0.1, 0.15) is 18.3 Å². The molecule has 0 spiro atoms. The molecule has 107 heavy (non-hydrogen) atoms. The van der Waals surface area contributed by atoms with Crippen molar-refractivity contribution in [3.63, 3.8) is 0 Å². The van der Waals surface area contributed by atoms with Crippen LogP contribution in [0.3, 0.4) is 0 Å². The van der Waals surface area contributed by atoms with Crippen LogP contribution >= 0.6 is 12.4 Å². The summed E-state index contributed by atoms with van der Waals surface area (Å²) in [6.45, 7) is 28.3. The molecule has 1 aromatic carbocycles. The third kappa shape index (κ3) is 64.5. The SMILES string of the molecule is C.C.CC(=O)C(F)F.CC(C)(CC(=O)O)C(F)F.CC(C)(CC(C#N)NCc1ccccc1)C(F)F.CC(C)(CC=O)C(F)F.CCOC.CCOC(=O)C(C(=O)OCC)=C(C)C(F)F.CCOC(=O)C(C(=O)OCC)C(C)(C)C(F)F.CCOC(=O)CC(=O)OCC.CON(C)C(=O)CC(C)(C)C(F)F.Cl. The second-order valence-corrected chi connectivity index (χ2v) is 24.2. The van der Waals surface area contributed by atoms with Gasteiger partial charge in [0.2, 0.25) is 38.0 Å². The molecule has 2 N–H and O–H groups in total. The van der Waals surface area contributed by atoms with Crippen molar-refractivity contribution in [1.82, 2.24) is 10.4 Å². The normalized spacial score (nSPS) is 10.9. The van der Waals surface area contributed by atoms with Gasteiger partial charge in [-0.2, -0.15) is 5.26 Å². The van der Waals surface area contributed by atoms with E-state index in [0.717, 1.165) is 44.9 Å². The predicted molar refractivity (Wildman–Crippen MR) is 375 cm³/mol. The number of esters is 6. The molecule has 1 amide bonds. The highest BCUT2D eigenvalue weighted by Gasteiger charge is 2.49. The molecule has 0 radical (unpaired) electrons. The Morgan fingerprint density at radius 1 is 0.542 bits per heavy atom. The monoisotopic (exact) mass is 1610 g/mol. The third-order valence-corrected chi connectivity index (χ3v) is 12.6. The zero-order chi connectivity index (χ0) is 83.7. The molecule has 0 aliphatic rings. The number of ketones is 1. The van der Waals surface area contributed by atoms with Gasteiger partial charge in [0.15, 0.2) is 11.7 Å². The first-order valence-corrected chi connectivity index (χ1v) is 31.9. The van der Waals surface area contributed by atoms with E-state index in [2.05, 4.69) is 43.3 Å². The number of carboxylic acids is 1. The van der Waals surface area contributed by atoms with Crippen molar-refractivity contribution in [3.05, 3.63) is 47.0 Å². The Kier molecular flexibility index (Phi) is 78.5. The molecular weight excluding hydrogens is 1490 g/mol. The van der Waals surface area contributed by atoms with Crippen LogP contribution < -0.4 is 5.32 Å². The topological polar surface area (TPSA) is 304 Å². The molecule has 0 saturated carbocycles. The number of hydrogen-bond acceptors (Lipinski definition) is 20. The van der Waals surface area contributed by atoms with Gasteiger partial charge in [0, 0.05) is 79.7 Å². The molecule has 1 aromatic rings. The number of nitriles is 1. The number of ether oxygens (including phenoxy) is 7. The van der Waals surface area contributed by atoms with E-state index in [1.54, 1.807) is 21.0 Å². The summed E-state index contributed by atoms with van der Waals surface area (Å²) >= 11 is 0. The molecule has 1 rings (SSSR count). The van der Waals surface area contributed by atoms with Crippen LogP contribution in [0.25, 0.3) is 0 Å². The Morgan fingerprint density at radius 2 is 0.888 bits per heavy atom. The lowest BCUT2D eigenvalue weighted by Gasteiger charge is -2.29. The van der Waals surface area contributed by atoms with Crippen LogP contribution in [0, 0.1) is 44.3 Å². The van der Waals surface area contributed by atoms with Gasteiger partial charge < -0.3 is 43.1 Å². The number of benzene rings is 1. The molecule has 1 atom stereocenters. The number of allylic oxidation sites excluding steroid dienone is 1. The van der Waals surface area contributed by atoms with Crippen LogP contribution in [0.4, 0.5) is 61.5 Å². The predicted octanol–water partition coefficient (Wildman–Crippen LogP) is 16.1. The van der Waals surface area contributed by atoms with Crippen LogP contribution in [-0.4, -0.2) is 188 Å². The summed E-state index contributed by atoms with van der Waals surface area (Å²) in [7, 11) is 4.39. The smallest absolute Gasteiger partial charge is 0.345 e. The highest BCUT2D eigenvalue weighted by atomic mass is 35.5. The van der Waals surface area contributed by atoms with E-state index in [0.29, 0.717) is 12.8 Å². The van der Waals surface area contributed by atoms with Gasteiger partial charge in [-0.25, -0.2) is 76.1 Å². The molecule has 0 fully saturated rings. The summed E-state index contributed by atoms with van der Waals surface area (Å²) in [6.07, 6.45) is -18.9. The maximum Gasteiger partial charge on any atom is 0.345 e. The summed E-state index contributed by atoms with van der Waals surface area (Å²) < 4.78 is 202.